The molecule has 0 fully saturated rings. The molecule has 1 amide bonds. The second kappa shape index (κ2) is 5.72. The predicted molar refractivity (Wildman–Crippen MR) is 60.3 cm³/mol. The summed E-state index contributed by atoms with van der Waals surface area (Å²) in [5.41, 5.74) is 2.25. The molecule has 94 valence electrons. The Labute approximate surface area is 98.5 Å². The van der Waals surface area contributed by atoms with E-state index in [1.807, 2.05) is 19.9 Å². The number of nitrogens with one attached hydrogen (secondary N) is 1. The van der Waals surface area contributed by atoms with Gasteiger partial charge in [0.2, 0.25) is 0 Å². The zero-order chi connectivity index (χ0) is 13.0. The summed E-state index contributed by atoms with van der Waals surface area (Å²) in [6, 6.07) is 5.24. The Bertz CT molecular complexity index is 387. The van der Waals surface area contributed by atoms with Crippen molar-refractivity contribution in [2.24, 2.45) is 0 Å². The molecule has 5 heteroatoms. The van der Waals surface area contributed by atoms with Gasteiger partial charge < -0.3 is 10.4 Å². The second-order valence-corrected chi connectivity index (χ2v) is 3.99. The number of aryl methyl sites for hydroxylation is 2. The van der Waals surface area contributed by atoms with Crippen LogP contribution in [0, 0.1) is 13.8 Å². The minimum absolute atomic E-state index is 0.406. The molecule has 0 aliphatic rings. The normalized spacial score (nSPS) is 12.6. The van der Waals surface area contributed by atoms with Crippen LogP contribution in [0.4, 0.5) is 8.78 Å². The summed E-state index contributed by atoms with van der Waals surface area (Å²) in [6.07, 6.45) is -4.68. The highest BCUT2D eigenvalue weighted by Crippen LogP contribution is 2.09. The van der Waals surface area contributed by atoms with Gasteiger partial charge in [0.1, 0.15) is 6.10 Å². The molecule has 17 heavy (non-hydrogen) atoms. The van der Waals surface area contributed by atoms with E-state index in [0.717, 1.165) is 11.1 Å². The van der Waals surface area contributed by atoms with E-state index in [1.54, 1.807) is 12.1 Å². The van der Waals surface area contributed by atoms with Crippen molar-refractivity contribution < 1.29 is 18.7 Å². The number of benzene rings is 1. The van der Waals surface area contributed by atoms with Crippen molar-refractivity contribution in [3.63, 3.8) is 0 Å². The summed E-state index contributed by atoms with van der Waals surface area (Å²) in [5, 5.41) is 11.1. The molecule has 0 saturated heterocycles. The summed E-state index contributed by atoms with van der Waals surface area (Å²) in [6.45, 7) is 3.24. The lowest BCUT2D eigenvalue weighted by molar-refractivity contribution is -0.00270. The molecule has 1 rings (SSSR count). The van der Waals surface area contributed by atoms with E-state index in [4.69, 9.17) is 5.11 Å². The number of aliphatic hydroxyl groups is 1. The maximum atomic E-state index is 12.0. The molecular formula is C12H15F2NO2. The van der Waals surface area contributed by atoms with Crippen molar-refractivity contribution in [2.45, 2.75) is 26.4 Å². The summed E-state index contributed by atoms with van der Waals surface area (Å²) >= 11 is 0. The number of carbonyl (C=O) groups is 1. The van der Waals surface area contributed by atoms with Crippen LogP contribution in [0.2, 0.25) is 0 Å². The SMILES string of the molecule is Cc1cc(C)cc(C(=O)NCC(O)C(F)F)c1. The molecular weight excluding hydrogens is 228 g/mol. The quantitative estimate of drug-likeness (QED) is 0.845. The second-order valence-electron chi connectivity index (χ2n) is 3.99. The summed E-state index contributed by atoms with van der Waals surface area (Å²) in [4.78, 5) is 11.6. The molecule has 1 aromatic rings. The fourth-order valence-corrected chi connectivity index (χ4v) is 1.49. The first-order valence-electron chi connectivity index (χ1n) is 5.23. The lowest BCUT2D eigenvalue weighted by atomic mass is 10.1. The number of hydrogen-bond acceptors (Lipinski definition) is 2. The number of alkyl halides is 2. The minimum Gasteiger partial charge on any atom is -0.385 e. The molecule has 1 aromatic carbocycles. The van der Waals surface area contributed by atoms with Gasteiger partial charge in [0, 0.05) is 12.1 Å². The highest BCUT2D eigenvalue weighted by Gasteiger charge is 2.17. The molecule has 0 radical (unpaired) electrons. The average Bonchev–Trinajstić information content (AvgIpc) is 2.23. The third-order valence-electron chi connectivity index (χ3n) is 2.25. The van der Waals surface area contributed by atoms with Gasteiger partial charge >= 0.3 is 0 Å². The molecule has 0 aliphatic heterocycles. The lowest BCUT2D eigenvalue weighted by Crippen LogP contribution is -2.35. The van der Waals surface area contributed by atoms with Crippen molar-refractivity contribution in [3.05, 3.63) is 34.9 Å². The Kier molecular flexibility index (Phi) is 4.57. The Hall–Kier alpha value is -1.49. The van der Waals surface area contributed by atoms with Crippen molar-refractivity contribution in [2.75, 3.05) is 6.54 Å². The Morgan fingerprint density at radius 2 is 1.82 bits per heavy atom. The summed E-state index contributed by atoms with van der Waals surface area (Å²) in [5.74, 6) is -0.462. The fourth-order valence-electron chi connectivity index (χ4n) is 1.49. The molecule has 3 nitrogen and oxygen atoms in total. The number of hydrogen-bond donors (Lipinski definition) is 2. The van der Waals surface area contributed by atoms with Crippen molar-refractivity contribution in [1.82, 2.24) is 5.32 Å². The zero-order valence-corrected chi connectivity index (χ0v) is 9.71. The van der Waals surface area contributed by atoms with E-state index in [-0.39, 0.29) is 0 Å². The zero-order valence-electron chi connectivity index (χ0n) is 9.71. The topological polar surface area (TPSA) is 49.3 Å². The van der Waals surface area contributed by atoms with E-state index < -0.39 is 25.0 Å². The van der Waals surface area contributed by atoms with E-state index in [2.05, 4.69) is 5.32 Å². The molecule has 1 unspecified atom stereocenters. The first-order valence-corrected chi connectivity index (χ1v) is 5.23. The first-order chi connectivity index (χ1) is 7.90. The van der Waals surface area contributed by atoms with Gasteiger partial charge in [-0.3, -0.25) is 4.79 Å². The number of rotatable bonds is 4. The van der Waals surface area contributed by atoms with Gasteiger partial charge in [0.25, 0.3) is 12.3 Å². The maximum absolute atomic E-state index is 12.0. The van der Waals surface area contributed by atoms with Crippen LogP contribution in [-0.2, 0) is 0 Å². The fraction of sp³-hybridized carbons (Fsp3) is 0.417. The molecule has 0 heterocycles. The van der Waals surface area contributed by atoms with Crippen LogP contribution in [0.3, 0.4) is 0 Å². The Morgan fingerprint density at radius 3 is 2.29 bits per heavy atom. The Morgan fingerprint density at radius 1 is 1.29 bits per heavy atom. The molecule has 0 bridgehead atoms. The van der Waals surface area contributed by atoms with Crippen LogP contribution in [-0.4, -0.2) is 30.1 Å². The van der Waals surface area contributed by atoms with Crippen molar-refractivity contribution >= 4 is 5.91 Å². The predicted octanol–water partition coefficient (Wildman–Crippen LogP) is 1.66. The molecule has 2 N–H and O–H groups in total. The smallest absolute Gasteiger partial charge is 0.265 e. The van der Waals surface area contributed by atoms with Gasteiger partial charge in [-0.2, -0.15) is 0 Å². The highest BCUT2D eigenvalue weighted by molar-refractivity contribution is 5.94. The van der Waals surface area contributed by atoms with E-state index in [0.29, 0.717) is 5.56 Å². The number of aliphatic hydroxyl groups excluding tert-OH is 1. The standard InChI is InChI=1S/C12H15F2NO2/c1-7-3-8(2)5-9(4-7)12(17)15-6-10(16)11(13)14/h3-5,10-11,16H,6H2,1-2H3,(H,15,17). The van der Waals surface area contributed by atoms with E-state index in [9.17, 15) is 13.6 Å². The van der Waals surface area contributed by atoms with E-state index in [1.165, 1.54) is 0 Å². The van der Waals surface area contributed by atoms with Crippen LogP contribution in [0.5, 0.6) is 0 Å². The number of amides is 1. The highest BCUT2D eigenvalue weighted by atomic mass is 19.3. The molecule has 0 spiro atoms. The Balaban J connectivity index is 2.64. The largest absolute Gasteiger partial charge is 0.385 e. The third-order valence-corrected chi connectivity index (χ3v) is 2.25. The first kappa shape index (κ1) is 13.6. The van der Waals surface area contributed by atoms with Gasteiger partial charge in [-0.1, -0.05) is 17.2 Å². The molecule has 1 atom stereocenters. The van der Waals surface area contributed by atoms with Gasteiger partial charge in [0.05, 0.1) is 0 Å². The minimum atomic E-state index is -2.85. The average molecular weight is 243 g/mol. The van der Waals surface area contributed by atoms with Crippen molar-refractivity contribution in [1.29, 1.82) is 0 Å². The van der Waals surface area contributed by atoms with Crippen LogP contribution < -0.4 is 5.32 Å². The summed E-state index contributed by atoms with van der Waals surface area (Å²) in [7, 11) is 0. The van der Waals surface area contributed by atoms with Crippen LogP contribution in [0.1, 0.15) is 21.5 Å². The molecule has 0 aromatic heterocycles. The van der Waals surface area contributed by atoms with Gasteiger partial charge in [-0.15, -0.1) is 0 Å². The van der Waals surface area contributed by atoms with E-state index >= 15 is 0 Å². The van der Waals surface area contributed by atoms with Crippen molar-refractivity contribution in [3.8, 4) is 0 Å². The molecule has 0 aliphatic carbocycles. The van der Waals surface area contributed by atoms with Crippen LogP contribution in [0.15, 0.2) is 18.2 Å². The number of carbonyl (C=O) groups excluding carboxylic acids is 1. The van der Waals surface area contributed by atoms with Gasteiger partial charge in [-0.05, 0) is 26.0 Å². The van der Waals surface area contributed by atoms with Gasteiger partial charge in [0.15, 0.2) is 0 Å². The molecule has 0 saturated carbocycles. The maximum Gasteiger partial charge on any atom is 0.265 e. The number of halogens is 2. The van der Waals surface area contributed by atoms with Gasteiger partial charge in [-0.25, -0.2) is 8.78 Å². The summed E-state index contributed by atoms with van der Waals surface area (Å²) < 4.78 is 24.0. The monoisotopic (exact) mass is 243 g/mol. The van der Waals surface area contributed by atoms with Crippen LogP contribution in [0.25, 0.3) is 0 Å². The third kappa shape index (κ3) is 4.11. The van der Waals surface area contributed by atoms with Crippen LogP contribution >= 0.6 is 0 Å². The lowest BCUT2D eigenvalue weighted by Gasteiger charge is -2.11.